The lowest BCUT2D eigenvalue weighted by Gasteiger charge is -2.10. The van der Waals surface area contributed by atoms with Crippen LogP contribution in [0.3, 0.4) is 0 Å². The molecule has 1 unspecified atom stereocenters. The fourth-order valence-electron chi connectivity index (χ4n) is 1.56. The Kier molecular flexibility index (Phi) is 5.42. The third-order valence-corrected chi connectivity index (χ3v) is 4.54. The molecule has 2 aromatic rings. The third-order valence-electron chi connectivity index (χ3n) is 2.56. The Balaban J connectivity index is 1.73. The molecule has 0 spiro atoms. The summed E-state index contributed by atoms with van der Waals surface area (Å²) >= 11 is 3.20. The maximum absolute atomic E-state index is 11.9. The van der Waals surface area contributed by atoms with Crippen LogP contribution in [-0.2, 0) is 11.2 Å². The second-order valence-corrected chi connectivity index (χ2v) is 6.44. The summed E-state index contributed by atoms with van der Waals surface area (Å²) in [7, 11) is 0. The van der Waals surface area contributed by atoms with Crippen LogP contribution in [0.25, 0.3) is 0 Å². The van der Waals surface area contributed by atoms with E-state index < -0.39 is 0 Å². The van der Waals surface area contributed by atoms with Crippen molar-refractivity contribution in [2.24, 2.45) is 0 Å². The maximum Gasteiger partial charge on any atom is 0.233 e. The maximum atomic E-state index is 11.9. The molecule has 19 heavy (non-hydrogen) atoms. The molecule has 0 radical (unpaired) electrons. The van der Waals surface area contributed by atoms with Crippen molar-refractivity contribution in [2.45, 2.75) is 23.6 Å². The van der Waals surface area contributed by atoms with Crippen molar-refractivity contribution < 1.29 is 4.79 Å². The molecule has 0 fully saturated rings. The van der Waals surface area contributed by atoms with Crippen LogP contribution in [-0.4, -0.2) is 22.7 Å². The van der Waals surface area contributed by atoms with Gasteiger partial charge in [-0.2, -0.15) is 0 Å². The van der Waals surface area contributed by atoms with Gasteiger partial charge in [-0.25, -0.2) is 4.98 Å². The molecule has 0 aromatic carbocycles. The number of thiophene rings is 1. The summed E-state index contributed by atoms with van der Waals surface area (Å²) in [5.74, 6) is 0.0622. The summed E-state index contributed by atoms with van der Waals surface area (Å²) in [6.45, 7) is 2.59. The highest BCUT2D eigenvalue weighted by molar-refractivity contribution is 8.00. The summed E-state index contributed by atoms with van der Waals surface area (Å²) in [4.78, 5) is 17.4. The number of carbonyl (C=O) groups is 1. The van der Waals surface area contributed by atoms with Gasteiger partial charge in [0.05, 0.1) is 10.3 Å². The number of hydrogen-bond donors (Lipinski definition) is 1. The van der Waals surface area contributed by atoms with Crippen molar-refractivity contribution in [1.29, 1.82) is 0 Å². The summed E-state index contributed by atoms with van der Waals surface area (Å²) in [6.07, 6.45) is 2.63. The number of amides is 1. The lowest BCUT2D eigenvalue weighted by molar-refractivity contribution is -0.120. The summed E-state index contributed by atoms with van der Waals surface area (Å²) in [5, 5.41) is 5.76. The van der Waals surface area contributed by atoms with Crippen molar-refractivity contribution in [3.8, 4) is 0 Å². The van der Waals surface area contributed by atoms with Crippen molar-refractivity contribution in [3.05, 3.63) is 46.8 Å². The van der Waals surface area contributed by atoms with Gasteiger partial charge in [0, 0.05) is 17.6 Å². The quantitative estimate of drug-likeness (QED) is 0.832. The number of thioether (sulfide) groups is 1. The molecule has 0 saturated carbocycles. The van der Waals surface area contributed by atoms with Crippen LogP contribution < -0.4 is 5.32 Å². The molecule has 0 saturated heterocycles. The minimum Gasteiger partial charge on any atom is -0.355 e. The first-order valence-electron chi connectivity index (χ1n) is 6.13. The van der Waals surface area contributed by atoms with Crippen LogP contribution in [0.4, 0.5) is 0 Å². The van der Waals surface area contributed by atoms with E-state index in [0.29, 0.717) is 6.54 Å². The predicted molar refractivity (Wildman–Crippen MR) is 80.6 cm³/mol. The molecular weight excluding hydrogens is 276 g/mol. The number of carbonyl (C=O) groups excluding carboxylic acids is 1. The van der Waals surface area contributed by atoms with E-state index in [1.165, 1.54) is 16.6 Å². The van der Waals surface area contributed by atoms with Gasteiger partial charge in [0.15, 0.2) is 0 Å². The Morgan fingerprint density at radius 2 is 2.32 bits per heavy atom. The standard InChI is InChI=1S/C14H16N2OS2/c1-11(19-13-6-2-3-8-15-13)14(17)16-9-7-12-5-4-10-18-12/h2-6,8,10-11H,7,9H2,1H3,(H,16,17). The average molecular weight is 292 g/mol. The summed E-state index contributed by atoms with van der Waals surface area (Å²) in [5.41, 5.74) is 0. The number of hydrogen-bond acceptors (Lipinski definition) is 4. The van der Waals surface area contributed by atoms with E-state index in [9.17, 15) is 4.79 Å². The fourth-order valence-corrected chi connectivity index (χ4v) is 3.10. The van der Waals surface area contributed by atoms with Gasteiger partial charge < -0.3 is 5.32 Å². The van der Waals surface area contributed by atoms with Gasteiger partial charge >= 0.3 is 0 Å². The van der Waals surface area contributed by atoms with Gasteiger partial charge in [-0.15, -0.1) is 11.3 Å². The molecule has 0 aliphatic heterocycles. The highest BCUT2D eigenvalue weighted by Crippen LogP contribution is 2.20. The number of nitrogens with one attached hydrogen (secondary N) is 1. The van der Waals surface area contributed by atoms with Crippen LogP contribution in [0.15, 0.2) is 46.9 Å². The molecule has 2 heterocycles. The Hall–Kier alpha value is -1.33. The molecule has 0 aliphatic carbocycles. The first kappa shape index (κ1) is 14.1. The van der Waals surface area contributed by atoms with Crippen molar-refractivity contribution >= 4 is 29.0 Å². The Morgan fingerprint density at radius 1 is 1.42 bits per heavy atom. The zero-order chi connectivity index (χ0) is 13.5. The normalized spacial score (nSPS) is 12.1. The van der Waals surface area contributed by atoms with E-state index in [1.54, 1.807) is 17.5 Å². The van der Waals surface area contributed by atoms with E-state index >= 15 is 0 Å². The fraction of sp³-hybridized carbons (Fsp3) is 0.286. The average Bonchev–Trinajstić information content (AvgIpc) is 2.93. The first-order chi connectivity index (χ1) is 9.25. The molecule has 0 aliphatic rings. The minimum absolute atomic E-state index is 0.0622. The Labute approximate surface area is 121 Å². The SMILES string of the molecule is CC(Sc1ccccn1)C(=O)NCCc1cccs1. The molecule has 1 N–H and O–H groups in total. The topological polar surface area (TPSA) is 42.0 Å². The van der Waals surface area contributed by atoms with Crippen LogP contribution in [0, 0.1) is 0 Å². The van der Waals surface area contributed by atoms with Crippen LogP contribution in [0.1, 0.15) is 11.8 Å². The van der Waals surface area contributed by atoms with E-state index in [0.717, 1.165) is 11.4 Å². The van der Waals surface area contributed by atoms with Gasteiger partial charge in [0.25, 0.3) is 0 Å². The van der Waals surface area contributed by atoms with Crippen molar-refractivity contribution in [3.63, 3.8) is 0 Å². The molecule has 5 heteroatoms. The first-order valence-corrected chi connectivity index (χ1v) is 7.89. The third kappa shape index (κ3) is 4.69. The monoisotopic (exact) mass is 292 g/mol. The second kappa shape index (κ2) is 7.31. The number of nitrogens with zero attached hydrogens (tertiary/aromatic N) is 1. The highest BCUT2D eigenvalue weighted by atomic mass is 32.2. The molecule has 0 bridgehead atoms. The Bertz CT molecular complexity index is 499. The lowest BCUT2D eigenvalue weighted by Crippen LogP contribution is -2.32. The second-order valence-electron chi connectivity index (χ2n) is 4.05. The van der Waals surface area contributed by atoms with E-state index in [4.69, 9.17) is 0 Å². The number of aromatic nitrogens is 1. The van der Waals surface area contributed by atoms with Crippen molar-refractivity contribution in [1.82, 2.24) is 10.3 Å². The van der Waals surface area contributed by atoms with Gasteiger partial charge in [-0.3, -0.25) is 4.79 Å². The molecular formula is C14H16N2OS2. The lowest BCUT2D eigenvalue weighted by atomic mass is 10.3. The Morgan fingerprint density at radius 3 is 3.00 bits per heavy atom. The summed E-state index contributed by atoms with van der Waals surface area (Å²) < 4.78 is 0. The van der Waals surface area contributed by atoms with Crippen LogP contribution in [0.5, 0.6) is 0 Å². The van der Waals surface area contributed by atoms with Crippen molar-refractivity contribution in [2.75, 3.05) is 6.54 Å². The van der Waals surface area contributed by atoms with Crippen LogP contribution in [0.2, 0.25) is 0 Å². The molecule has 1 atom stereocenters. The summed E-state index contributed by atoms with van der Waals surface area (Å²) in [6, 6.07) is 9.83. The molecule has 3 nitrogen and oxygen atoms in total. The van der Waals surface area contributed by atoms with Gasteiger partial charge in [-0.1, -0.05) is 23.9 Å². The predicted octanol–water partition coefficient (Wildman–Crippen LogP) is 2.98. The van der Waals surface area contributed by atoms with E-state index in [2.05, 4.69) is 21.7 Å². The van der Waals surface area contributed by atoms with Gasteiger partial charge in [-0.05, 0) is 36.9 Å². The van der Waals surface area contributed by atoms with Gasteiger partial charge in [0.1, 0.15) is 0 Å². The number of pyridine rings is 1. The molecule has 100 valence electrons. The zero-order valence-electron chi connectivity index (χ0n) is 10.7. The highest BCUT2D eigenvalue weighted by Gasteiger charge is 2.14. The smallest absolute Gasteiger partial charge is 0.233 e. The molecule has 1 amide bonds. The number of rotatable bonds is 6. The molecule has 2 rings (SSSR count). The largest absolute Gasteiger partial charge is 0.355 e. The minimum atomic E-state index is -0.127. The van der Waals surface area contributed by atoms with Gasteiger partial charge in [0.2, 0.25) is 5.91 Å². The van der Waals surface area contributed by atoms with E-state index in [1.807, 2.05) is 31.2 Å². The van der Waals surface area contributed by atoms with E-state index in [-0.39, 0.29) is 11.2 Å². The van der Waals surface area contributed by atoms with Crippen LogP contribution >= 0.6 is 23.1 Å². The zero-order valence-corrected chi connectivity index (χ0v) is 12.3. The molecule has 2 aromatic heterocycles.